The summed E-state index contributed by atoms with van der Waals surface area (Å²) in [5.41, 5.74) is 2.50. The van der Waals surface area contributed by atoms with E-state index in [4.69, 9.17) is 9.47 Å². The number of carbonyl (C=O) groups is 1. The van der Waals surface area contributed by atoms with Gasteiger partial charge in [-0.05, 0) is 50.6 Å². The molecule has 0 spiro atoms. The van der Waals surface area contributed by atoms with E-state index in [9.17, 15) is 4.79 Å². The van der Waals surface area contributed by atoms with Gasteiger partial charge in [-0.15, -0.1) is 0 Å². The normalized spacial score (nSPS) is 15.9. The lowest BCUT2D eigenvalue weighted by Crippen LogP contribution is -2.40. The standard InChI is InChI=1S/C24H32N2O3/c1-19-11-13-20(14-12-19)21(26-15-7-3-4-8-16-26)17-25-24(27)18-29-23-10-6-5-9-22(23)28-2/h5-6,9-14,21H,3-4,7-8,15-18H2,1-2H3,(H,25,27)/t21-/m0/s1. The van der Waals surface area contributed by atoms with Crippen molar-refractivity contribution in [3.05, 3.63) is 59.7 Å². The number of carbonyl (C=O) groups excluding carboxylic acids is 1. The van der Waals surface area contributed by atoms with Crippen molar-refractivity contribution in [3.63, 3.8) is 0 Å². The zero-order chi connectivity index (χ0) is 20.5. The SMILES string of the molecule is COc1ccccc1OCC(=O)NC[C@@H](c1ccc(C)cc1)N1CCCCCC1. The number of rotatable bonds is 8. The number of amides is 1. The zero-order valence-corrected chi connectivity index (χ0v) is 17.5. The van der Waals surface area contributed by atoms with Crippen LogP contribution in [0, 0.1) is 6.92 Å². The number of ether oxygens (including phenoxy) is 2. The van der Waals surface area contributed by atoms with Crippen molar-refractivity contribution in [2.45, 2.75) is 38.6 Å². The summed E-state index contributed by atoms with van der Waals surface area (Å²) in [6.07, 6.45) is 5.01. The Morgan fingerprint density at radius 3 is 2.31 bits per heavy atom. The van der Waals surface area contributed by atoms with E-state index in [2.05, 4.69) is 41.4 Å². The molecule has 2 aromatic rings. The number of para-hydroxylation sites is 2. The highest BCUT2D eigenvalue weighted by Gasteiger charge is 2.22. The van der Waals surface area contributed by atoms with Gasteiger partial charge in [0, 0.05) is 6.54 Å². The quantitative estimate of drug-likeness (QED) is 0.729. The van der Waals surface area contributed by atoms with Crippen LogP contribution in [0.4, 0.5) is 0 Å². The maximum Gasteiger partial charge on any atom is 0.258 e. The predicted octanol–water partition coefficient (Wildman–Crippen LogP) is 4.12. The number of nitrogens with one attached hydrogen (secondary N) is 1. The Balaban J connectivity index is 1.61. The molecule has 1 saturated heterocycles. The van der Waals surface area contributed by atoms with Gasteiger partial charge in [-0.1, -0.05) is 54.8 Å². The Morgan fingerprint density at radius 2 is 1.66 bits per heavy atom. The van der Waals surface area contributed by atoms with E-state index >= 15 is 0 Å². The van der Waals surface area contributed by atoms with Crippen LogP contribution >= 0.6 is 0 Å². The lowest BCUT2D eigenvalue weighted by atomic mass is 10.0. The van der Waals surface area contributed by atoms with Crippen molar-refractivity contribution in [1.29, 1.82) is 0 Å². The second-order valence-electron chi connectivity index (χ2n) is 7.62. The number of methoxy groups -OCH3 is 1. The highest BCUT2D eigenvalue weighted by molar-refractivity contribution is 5.77. The fourth-order valence-corrected chi connectivity index (χ4v) is 3.80. The van der Waals surface area contributed by atoms with Gasteiger partial charge in [0.15, 0.2) is 18.1 Å². The first-order chi connectivity index (χ1) is 14.2. The number of benzene rings is 2. The predicted molar refractivity (Wildman–Crippen MR) is 115 cm³/mol. The van der Waals surface area contributed by atoms with Crippen LogP contribution in [0.15, 0.2) is 48.5 Å². The van der Waals surface area contributed by atoms with Crippen LogP contribution in [0.2, 0.25) is 0 Å². The molecule has 0 aromatic heterocycles. The third-order valence-corrected chi connectivity index (χ3v) is 5.46. The first kappa shape index (κ1) is 21.2. The molecule has 0 saturated carbocycles. The van der Waals surface area contributed by atoms with E-state index in [0.29, 0.717) is 18.0 Å². The molecule has 0 unspecified atom stereocenters. The Kier molecular flexibility index (Phi) is 7.94. The van der Waals surface area contributed by atoms with Crippen molar-refractivity contribution in [3.8, 4) is 11.5 Å². The summed E-state index contributed by atoms with van der Waals surface area (Å²) in [4.78, 5) is 15.0. The molecule has 1 fully saturated rings. The molecule has 1 aliphatic rings. The van der Waals surface area contributed by atoms with Crippen LogP contribution in [0.3, 0.4) is 0 Å². The molecule has 5 heteroatoms. The van der Waals surface area contributed by atoms with Crippen LogP contribution in [-0.2, 0) is 4.79 Å². The van der Waals surface area contributed by atoms with Gasteiger partial charge in [-0.3, -0.25) is 9.69 Å². The molecule has 1 atom stereocenters. The molecule has 1 amide bonds. The Labute approximate surface area is 174 Å². The monoisotopic (exact) mass is 396 g/mol. The Hall–Kier alpha value is -2.53. The Bertz CT molecular complexity index is 768. The molecule has 1 heterocycles. The van der Waals surface area contributed by atoms with Gasteiger partial charge in [0.2, 0.25) is 0 Å². The molecule has 2 aromatic carbocycles. The van der Waals surface area contributed by atoms with Gasteiger partial charge in [-0.2, -0.15) is 0 Å². The van der Waals surface area contributed by atoms with Gasteiger partial charge in [0.25, 0.3) is 5.91 Å². The molecule has 1 N–H and O–H groups in total. The lowest BCUT2D eigenvalue weighted by Gasteiger charge is -2.31. The van der Waals surface area contributed by atoms with Crippen LogP contribution in [-0.4, -0.2) is 44.2 Å². The molecule has 0 aliphatic carbocycles. The van der Waals surface area contributed by atoms with E-state index in [0.717, 1.165) is 13.1 Å². The summed E-state index contributed by atoms with van der Waals surface area (Å²) in [6, 6.07) is 16.2. The first-order valence-corrected chi connectivity index (χ1v) is 10.5. The summed E-state index contributed by atoms with van der Waals surface area (Å²) < 4.78 is 10.9. The molecule has 3 rings (SSSR count). The minimum absolute atomic E-state index is 0.0268. The average molecular weight is 397 g/mol. The highest BCUT2D eigenvalue weighted by atomic mass is 16.5. The summed E-state index contributed by atoms with van der Waals surface area (Å²) in [5, 5.41) is 3.07. The van der Waals surface area contributed by atoms with Gasteiger partial charge >= 0.3 is 0 Å². The maximum atomic E-state index is 12.5. The zero-order valence-electron chi connectivity index (χ0n) is 17.5. The highest BCUT2D eigenvalue weighted by Crippen LogP contribution is 2.26. The number of hydrogen-bond acceptors (Lipinski definition) is 4. The molecule has 156 valence electrons. The Morgan fingerprint density at radius 1 is 1.00 bits per heavy atom. The number of hydrogen-bond donors (Lipinski definition) is 1. The molecule has 0 bridgehead atoms. The second-order valence-corrected chi connectivity index (χ2v) is 7.62. The average Bonchev–Trinajstić information content (AvgIpc) is 3.03. The van der Waals surface area contributed by atoms with E-state index in [1.807, 2.05) is 18.2 Å². The van der Waals surface area contributed by atoms with Crippen LogP contribution in [0.5, 0.6) is 11.5 Å². The molecule has 1 aliphatic heterocycles. The topological polar surface area (TPSA) is 50.8 Å². The second kappa shape index (κ2) is 10.9. The maximum absolute atomic E-state index is 12.5. The number of nitrogens with zero attached hydrogens (tertiary/aromatic N) is 1. The van der Waals surface area contributed by atoms with Crippen molar-refractivity contribution in [2.24, 2.45) is 0 Å². The molecular formula is C24H32N2O3. The van der Waals surface area contributed by atoms with Crippen LogP contribution < -0.4 is 14.8 Å². The minimum Gasteiger partial charge on any atom is -0.493 e. The number of aryl methyl sites for hydroxylation is 1. The van der Waals surface area contributed by atoms with E-state index in [1.165, 1.54) is 36.8 Å². The summed E-state index contributed by atoms with van der Waals surface area (Å²) >= 11 is 0. The van der Waals surface area contributed by atoms with Crippen molar-refractivity contribution < 1.29 is 14.3 Å². The molecular weight excluding hydrogens is 364 g/mol. The van der Waals surface area contributed by atoms with Crippen LogP contribution in [0.1, 0.15) is 42.9 Å². The summed E-state index contributed by atoms with van der Waals surface area (Å²) in [5.74, 6) is 1.08. The van der Waals surface area contributed by atoms with Gasteiger partial charge in [0.1, 0.15) is 0 Å². The largest absolute Gasteiger partial charge is 0.493 e. The fourth-order valence-electron chi connectivity index (χ4n) is 3.80. The van der Waals surface area contributed by atoms with Crippen molar-refractivity contribution in [2.75, 3.05) is 33.4 Å². The van der Waals surface area contributed by atoms with E-state index < -0.39 is 0 Å². The van der Waals surface area contributed by atoms with Crippen molar-refractivity contribution >= 4 is 5.91 Å². The molecule has 5 nitrogen and oxygen atoms in total. The van der Waals surface area contributed by atoms with E-state index in [1.54, 1.807) is 13.2 Å². The van der Waals surface area contributed by atoms with Crippen LogP contribution in [0.25, 0.3) is 0 Å². The minimum atomic E-state index is -0.122. The molecule has 0 radical (unpaired) electrons. The smallest absolute Gasteiger partial charge is 0.258 e. The first-order valence-electron chi connectivity index (χ1n) is 10.5. The molecule has 29 heavy (non-hydrogen) atoms. The van der Waals surface area contributed by atoms with Crippen molar-refractivity contribution in [1.82, 2.24) is 10.2 Å². The number of likely N-dealkylation sites (tertiary alicyclic amines) is 1. The third-order valence-electron chi connectivity index (χ3n) is 5.46. The summed E-state index contributed by atoms with van der Waals surface area (Å²) in [7, 11) is 1.59. The van der Waals surface area contributed by atoms with Gasteiger partial charge in [-0.25, -0.2) is 0 Å². The fraction of sp³-hybridized carbons (Fsp3) is 0.458. The van der Waals surface area contributed by atoms with E-state index in [-0.39, 0.29) is 18.6 Å². The lowest BCUT2D eigenvalue weighted by molar-refractivity contribution is -0.123. The third kappa shape index (κ3) is 6.23. The summed E-state index contributed by atoms with van der Waals surface area (Å²) in [6.45, 7) is 4.80. The van der Waals surface area contributed by atoms with Gasteiger partial charge in [0.05, 0.1) is 13.2 Å². The van der Waals surface area contributed by atoms with Gasteiger partial charge < -0.3 is 14.8 Å².